The number of likely N-dealkylation sites (N-methyl/N-ethyl adjacent to an activating group) is 1. The Morgan fingerprint density at radius 2 is 1.88 bits per heavy atom. The fourth-order valence-corrected chi connectivity index (χ4v) is 4.91. The molecule has 3 amide bonds. The number of anilines is 1. The first-order valence-electron chi connectivity index (χ1n) is 15.5. The third-order valence-corrected chi connectivity index (χ3v) is 7.48. The zero-order valence-corrected chi connectivity index (χ0v) is 27.8. The predicted octanol–water partition coefficient (Wildman–Crippen LogP) is 3.41. The number of nitriles is 1. The van der Waals surface area contributed by atoms with Crippen LogP contribution < -0.4 is 20.9 Å². The summed E-state index contributed by atoms with van der Waals surface area (Å²) < 4.78 is 19.6. The van der Waals surface area contributed by atoms with E-state index in [0.717, 1.165) is 0 Å². The first-order valence-corrected chi connectivity index (χ1v) is 15.5. The van der Waals surface area contributed by atoms with E-state index in [2.05, 4.69) is 21.1 Å². The van der Waals surface area contributed by atoms with Gasteiger partial charge < -0.3 is 25.2 Å². The largest absolute Gasteiger partial charge is 0.389 e. The van der Waals surface area contributed by atoms with E-state index in [4.69, 9.17) is 4.52 Å². The summed E-state index contributed by atoms with van der Waals surface area (Å²) in [4.78, 5) is 54.1. The van der Waals surface area contributed by atoms with E-state index in [1.54, 1.807) is 63.2 Å². The molecule has 13 heteroatoms. The van der Waals surface area contributed by atoms with Crippen molar-refractivity contribution in [3.63, 3.8) is 0 Å². The Bertz CT molecular complexity index is 1710. The molecule has 0 unspecified atom stereocenters. The van der Waals surface area contributed by atoms with Crippen LogP contribution in [0, 0.1) is 36.9 Å². The molecular formula is C35H41FN6O6. The second-order valence-electron chi connectivity index (χ2n) is 11.8. The highest BCUT2D eigenvalue weighted by Crippen LogP contribution is 2.21. The number of rotatable bonds is 15. The molecule has 3 atom stereocenters. The van der Waals surface area contributed by atoms with Crippen molar-refractivity contribution < 1.29 is 33.2 Å². The van der Waals surface area contributed by atoms with Crippen molar-refractivity contribution in [1.29, 1.82) is 5.26 Å². The highest BCUT2D eigenvalue weighted by Gasteiger charge is 2.41. The molecule has 4 N–H and O–H groups in total. The molecule has 3 rings (SSSR count). The summed E-state index contributed by atoms with van der Waals surface area (Å²) in [7, 11) is 0. The van der Waals surface area contributed by atoms with E-state index in [1.807, 2.05) is 19.9 Å². The summed E-state index contributed by atoms with van der Waals surface area (Å²) >= 11 is 0. The highest BCUT2D eigenvalue weighted by atomic mass is 19.1. The van der Waals surface area contributed by atoms with E-state index in [0.29, 0.717) is 22.5 Å². The van der Waals surface area contributed by atoms with Crippen LogP contribution in [0.15, 0.2) is 64.7 Å². The number of carbonyl (C=O) groups excluding carboxylic acids is 4. The van der Waals surface area contributed by atoms with Crippen LogP contribution in [0.5, 0.6) is 0 Å². The van der Waals surface area contributed by atoms with Gasteiger partial charge in [-0.05, 0) is 69.4 Å². The van der Waals surface area contributed by atoms with Crippen molar-refractivity contribution in [3.05, 3.63) is 94.1 Å². The number of aldehydes is 1. The first kappa shape index (κ1) is 37.3. The number of benzene rings is 2. The van der Waals surface area contributed by atoms with Crippen molar-refractivity contribution in [2.24, 2.45) is 5.92 Å². The molecule has 3 aromatic rings. The van der Waals surface area contributed by atoms with Crippen LogP contribution in [0.3, 0.4) is 0 Å². The molecule has 0 radical (unpaired) electrons. The van der Waals surface area contributed by atoms with Crippen LogP contribution >= 0.6 is 0 Å². The minimum absolute atomic E-state index is 0.00935. The molecular weight excluding hydrogens is 619 g/mol. The number of halogens is 1. The predicted molar refractivity (Wildman–Crippen MR) is 176 cm³/mol. The smallest absolute Gasteiger partial charge is 0.291 e. The lowest BCUT2D eigenvalue weighted by atomic mass is 9.98. The summed E-state index contributed by atoms with van der Waals surface area (Å²) in [6.45, 7) is 10.1. The molecule has 0 aliphatic rings. The van der Waals surface area contributed by atoms with E-state index in [9.17, 15) is 33.9 Å². The van der Waals surface area contributed by atoms with Crippen molar-refractivity contribution >= 4 is 29.7 Å². The van der Waals surface area contributed by atoms with Gasteiger partial charge in [0.1, 0.15) is 17.5 Å². The second-order valence-corrected chi connectivity index (χ2v) is 11.8. The number of aliphatic hydroxyl groups is 1. The molecule has 2 aromatic carbocycles. The van der Waals surface area contributed by atoms with Gasteiger partial charge in [0.25, 0.3) is 11.8 Å². The first-order chi connectivity index (χ1) is 22.7. The molecule has 1 heterocycles. The van der Waals surface area contributed by atoms with Crippen LogP contribution in [0.2, 0.25) is 0 Å². The average Bonchev–Trinajstić information content (AvgIpc) is 3.49. The van der Waals surface area contributed by atoms with Crippen LogP contribution in [0.4, 0.5) is 10.1 Å². The van der Waals surface area contributed by atoms with Gasteiger partial charge >= 0.3 is 0 Å². The standard InChI is InChI=1S/C35H41FN6O6/c1-7-42(34(47)27(18-37)13-21(2)3)28-10-8-9-25(16-28)17-30(32(45)38-19-26-12-11-22(4)14-29(26)36)39-35(20-43,24(6)44)40-33(46)31-15-23(5)41-48-31/h8-16,20-21,24,30,39,44H,7,17,19H2,1-6H3,(H,38,45)(H,40,46)/t24-,30+,35-/m1/s1. The van der Waals surface area contributed by atoms with Crippen LogP contribution in [0.25, 0.3) is 0 Å². The number of aromatic nitrogens is 1. The average molecular weight is 661 g/mol. The Kier molecular flexibility index (Phi) is 12.9. The van der Waals surface area contributed by atoms with Crippen LogP contribution in [-0.4, -0.2) is 58.6 Å². The maximum Gasteiger partial charge on any atom is 0.291 e. The van der Waals surface area contributed by atoms with Gasteiger partial charge in [0, 0.05) is 30.4 Å². The Balaban J connectivity index is 1.99. The summed E-state index contributed by atoms with van der Waals surface area (Å²) in [5.74, 6) is -2.81. The van der Waals surface area contributed by atoms with Crippen LogP contribution in [0.1, 0.15) is 60.6 Å². The normalized spacial score (nSPS) is 14.0. The van der Waals surface area contributed by atoms with Crippen molar-refractivity contribution in [2.75, 3.05) is 11.4 Å². The fourth-order valence-electron chi connectivity index (χ4n) is 4.91. The number of amides is 3. The summed E-state index contributed by atoms with van der Waals surface area (Å²) in [5.41, 5.74) is 0.128. The molecule has 0 spiro atoms. The van der Waals surface area contributed by atoms with Gasteiger partial charge in [-0.2, -0.15) is 5.26 Å². The number of hydrogen-bond donors (Lipinski definition) is 4. The van der Waals surface area contributed by atoms with Crippen molar-refractivity contribution in [1.82, 2.24) is 21.1 Å². The van der Waals surface area contributed by atoms with Gasteiger partial charge in [-0.15, -0.1) is 0 Å². The SMILES string of the molecule is CCN(C(=O)C(C#N)=CC(C)C)c1cccc(C[C@H](N[C@](C=O)(NC(=O)c2cc(C)no2)[C@@H](C)O)C(=O)NCc2ccc(C)cc2F)c1. The molecule has 0 saturated heterocycles. The molecule has 0 aliphatic heterocycles. The number of hydrogen-bond acceptors (Lipinski definition) is 9. The lowest BCUT2D eigenvalue weighted by molar-refractivity contribution is -0.126. The maximum absolute atomic E-state index is 14.6. The molecule has 12 nitrogen and oxygen atoms in total. The van der Waals surface area contributed by atoms with Gasteiger partial charge in [-0.25, -0.2) is 4.39 Å². The fraction of sp³-hybridized carbons (Fsp3) is 0.371. The molecule has 0 aliphatic carbocycles. The third-order valence-electron chi connectivity index (χ3n) is 7.48. The molecule has 0 saturated carbocycles. The number of nitrogens with one attached hydrogen (secondary N) is 3. The summed E-state index contributed by atoms with van der Waals surface area (Å²) in [6.07, 6.45) is 0.203. The van der Waals surface area contributed by atoms with E-state index in [1.165, 1.54) is 24.0 Å². The van der Waals surface area contributed by atoms with E-state index < -0.39 is 41.3 Å². The number of nitrogens with zero attached hydrogens (tertiary/aromatic N) is 3. The quantitative estimate of drug-likeness (QED) is 0.0823. The van der Waals surface area contributed by atoms with Crippen molar-refractivity contribution in [2.45, 2.75) is 72.3 Å². The van der Waals surface area contributed by atoms with Gasteiger partial charge in [0.15, 0.2) is 11.9 Å². The van der Waals surface area contributed by atoms with Crippen molar-refractivity contribution in [3.8, 4) is 6.07 Å². The maximum atomic E-state index is 14.6. The topological polar surface area (TPSA) is 178 Å². The van der Waals surface area contributed by atoms with Crippen LogP contribution in [-0.2, 0) is 27.3 Å². The van der Waals surface area contributed by atoms with E-state index in [-0.39, 0.29) is 48.6 Å². The summed E-state index contributed by atoms with van der Waals surface area (Å²) in [5, 5.41) is 32.0. The molecule has 254 valence electrons. The Labute approximate surface area is 279 Å². The van der Waals surface area contributed by atoms with Gasteiger partial charge in [-0.1, -0.05) is 49.3 Å². The number of aryl methyl sites for hydroxylation is 2. The lowest BCUT2D eigenvalue weighted by Crippen LogP contribution is -2.70. The number of aliphatic hydroxyl groups excluding tert-OH is 1. The molecule has 0 bridgehead atoms. The van der Waals surface area contributed by atoms with Gasteiger partial charge in [0.05, 0.1) is 17.8 Å². The molecule has 48 heavy (non-hydrogen) atoms. The zero-order chi connectivity index (χ0) is 35.6. The number of carbonyl (C=O) groups is 4. The molecule has 0 fully saturated rings. The number of allylic oxidation sites excluding steroid dienone is 1. The Hall–Kier alpha value is -5.19. The van der Waals surface area contributed by atoms with Gasteiger partial charge in [0.2, 0.25) is 11.7 Å². The lowest BCUT2D eigenvalue weighted by Gasteiger charge is -2.36. The van der Waals surface area contributed by atoms with Gasteiger partial charge in [-0.3, -0.25) is 24.5 Å². The summed E-state index contributed by atoms with van der Waals surface area (Å²) in [6, 6.07) is 13.3. The second kappa shape index (κ2) is 16.6. The minimum Gasteiger partial charge on any atom is -0.389 e. The minimum atomic E-state index is -2.18. The Morgan fingerprint density at radius 1 is 1.15 bits per heavy atom. The third kappa shape index (κ3) is 9.43. The molecule has 1 aromatic heterocycles. The highest BCUT2D eigenvalue weighted by molar-refractivity contribution is 6.08. The Morgan fingerprint density at radius 3 is 2.44 bits per heavy atom. The van der Waals surface area contributed by atoms with E-state index >= 15 is 0 Å². The zero-order valence-electron chi connectivity index (χ0n) is 27.8. The monoisotopic (exact) mass is 660 g/mol.